The number of hydrogen-bond donors (Lipinski definition) is 1. The molecule has 27 heavy (non-hydrogen) atoms. The smallest absolute Gasteiger partial charge is 0.270 e. The summed E-state index contributed by atoms with van der Waals surface area (Å²) in [5.41, 5.74) is 1.65. The summed E-state index contributed by atoms with van der Waals surface area (Å²) < 4.78 is 13.1. The Morgan fingerprint density at radius 1 is 1.41 bits per heavy atom. The molecule has 0 bridgehead atoms. The second-order valence-electron chi connectivity index (χ2n) is 7.33. The summed E-state index contributed by atoms with van der Waals surface area (Å²) in [5, 5.41) is 3.15. The van der Waals surface area contributed by atoms with Crippen molar-refractivity contribution in [2.75, 3.05) is 7.11 Å². The van der Waals surface area contributed by atoms with Crippen molar-refractivity contribution in [3.8, 4) is 11.5 Å². The molecule has 0 spiro atoms. The van der Waals surface area contributed by atoms with E-state index in [0.29, 0.717) is 23.6 Å². The van der Waals surface area contributed by atoms with Crippen molar-refractivity contribution in [1.29, 1.82) is 0 Å². The summed E-state index contributed by atoms with van der Waals surface area (Å²) in [6.45, 7) is 5.85. The number of nitrogens with zero attached hydrogens (tertiary/aromatic N) is 3. The van der Waals surface area contributed by atoms with Gasteiger partial charge in [0.05, 0.1) is 18.8 Å². The number of rotatable bonds is 3. The fraction of sp³-hybridized carbons (Fsp3) is 0.350. The molecule has 1 aromatic carbocycles. The van der Waals surface area contributed by atoms with Crippen LogP contribution in [0, 0.1) is 6.92 Å². The van der Waals surface area contributed by atoms with Crippen molar-refractivity contribution in [2.45, 2.75) is 38.8 Å². The van der Waals surface area contributed by atoms with Gasteiger partial charge in [-0.05, 0) is 45.0 Å². The Labute approximate surface area is 157 Å². The van der Waals surface area contributed by atoms with Crippen LogP contribution < -0.4 is 14.8 Å². The minimum absolute atomic E-state index is 0.190. The highest BCUT2D eigenvalue weighted by Gasteiger charge is 2.35. The number of amides is 1. The first kappa shape index (κ1) is 17.3. The van der Waals surface area contributed by atoms with E-state index in [4.69, 9.17) is 9.47 Å². The number of hydrogen-bond acceptors (Lipinski definition) is 5. The van der Waals surface area contributed by atoms with Crippen LogP contribution in [0.25, 0.3) is 5.78 Å². The molecular weight excluding hydrogens is 344 g/mol. The van der Waals surface area contributed by atoms with Gasteiger partial charge >= 0.3 is 0 Å². The first-order valence-electron chi connectivity index (χ1n) is 8.85. The molecule has 7 heteroatoms. The molecule has 1 aliphatic heterocycles. The van der Waals surface area contributed by atoms with Gasteiger partial charge in [-0.3, -0.25) is 9.20 Å². The lowest BCUT2D eigenvalue weighted by atomic mass is 9.89. The van der Waals surface area contributed by atoms with E-state index in [-0.39, 0.29) is 11.9 Å². The number of nitrogens with one attached hydrogen (secondary N) is 1. The molecule has 7 nitrogen and oxygen atoms in total. The van der Waals surface area contributed by atoms with Crippen molar-refractivity contribution in [3.05, 3.63) is 53.6 Å². The Balaban J connectivity index is 1.71. The van der Waals surface area contributed by atoms with Gasteiger partial charge < -0.3 is 14.8 Å². The SMILES string of the molecule is COc1ccc2c(c1)[C@H](NC(=O)c1c(C)nc3ncccn13)CC(C)(C)O2. The minimum Gasteiger partial charge on any atom is -0.497 e. The van der Waals surface area contributed by atoms with Crippen molar-refractivity contribution in [2.24, 2.45) is 0 Å². The Kier molecular flexibility index (Phi) is 4.02. The van der Waals surface area contributed by atoms with Gasteiger partial charge in [0, 0.05) is 24.4 Å². The van der Waals surface area contributed by atoms with Crippen LogP contribution in [-0.4, -0.2) is 33.0 Å². The summed E-state index contributed by atoms with van der Waals surface area (Å²) in [6, 6.07) is 7.24. The number of ether oxygens (including phenoxy) is 2. The zero-order valence-corrected chi connectivity index (χ0v) is 15.8. The Hall–Kier alpha value is -3.09. The summed E-state index contributed by atoms with van der Waals surface area (Å²) in [4.78, 5) is 21.7. The third-order valence-electron chi connectivity index (χ3n) is 4.77. The highest BCUT2D eigenvalue weighted by Crippen LogP contribution is 2.41. The molecular formula is C20H22N4O3. The quantitative estimate of drug-likeness (QED) is 0.771. The number of aryl methyl sites for hydroxylation is 1. The van der Waals surface area contributed by atoms with Crippen molar-refractivity contribution in [1.82, 2.24) is 19.7 Å². The zero-order chi connectivity index (χ0) is 19.2. The number of imidazole rings is 1. The molecule has 1 atom stereocenters. The van der Waals surface area contributed by atoms with E-state index in [1.54, 1.807) is 30.0 Å². The molecule has 0 fully saturated rings. The van der Waals surface area contributed by atoms with Crippen LogP contribution in [0.15, 0.2) is 36.7 Å². The summed E-state index contributed by atoms with van der Waals surface area (Å²) in [6.07, 6.45) is 4.10. The van der Waals surface area contributed by atoms with Gasteiger partial charge in [-0.15, -0.1) is 0 Å². The summed E-state index contributed by atoms with van der Waals surface area (Å²) >= 11 is 0. The number of benzene rings is 1. The van der Waals surface area contributed by atoms with E-state index < -0.39 is 5.60 Å². The molecule has 0 saturated heterocycles. The largest absolute Gasteiger partial charge is 0.497 e. The van der Waals surface area contributed by atoms with Gasteiger partial charge in [0.1, 0.15) is 22.8 Å². The normalized spacial score (nSPS) is 17.9. The van der Waals surface area contributed by atoms with Crippen LogP contribution in [0.1, 0.15) is 48.1 Å². The Morgan fingerprint density at radius 3 is 3.00 bits per heavy atom. The second kappa shape index (κ2) is 6.26. The average molecular weight is 366 g/mol. The lowest BCUT2D eigenvalue weighted by molar-refractivity contribution is 0.0616. The van der Waals surface area contributed by atoms with E-state index in [0.717, 1.165) is 17.1 Å². The molecule has 0 unspecified atom stereocenters. The minimum atomic E-state index is -0.393. The average Bonchev–Trinajstić information content (AvgIpc) is 2.96. The fourth-order valence-electron chi connectivity index (χ4n) is 3.59. The maximum absolute atomic E-state index is 13.1. The van der Waals surface area contributed by atoms with Crippen LogP contribution in [0.2, 0.25) is 0 Å². The van der Waals surface area contributed by atoms with Gasteiger partial charge in [0.25, 0.3) is 5.91 Å². The van der Waals surface area contributed by atoms with Gasteiger partial charge in [-0.25, -0.2) is 9.97 Å². The predicted octanol–water partition coefficient (Wildman–Crippen LogP) is 3.08. The van der Waals surface area contributed by atoms with Gasteiger partial charge in [-0.1, -0.05) is 0 Å². The van der Waals surface area contributed by atoms with E-state index in [1.165, 1.54) is 0 Å². The molecule has 140 valence electrons. The lowest BCUT2D eigenvalue weighted by Gasteiger charge is -2.38. The van der Waals surface area contributed by atoms with Crippen LogP contribution in [-0.2, 0) is 0 Å². The number of carbonyl (C=O) groups is 1. The molecule has 0 radical (unpaired) electrons. The summed E-state index contributed by atoms with van der Waals surface area (Å²) in [5.74, 6) is 1.80. The number of fused-ring (bicyclic) bond motifs is 2. The van der Waals surface area contributed by atoms with Crippen molar-refractivity contribution >= 4 is 11.7 Å². The molecule has 3 aromatic rings. The van der Waals surface area contributed by atoms with Crippen LogP contribution in [0.3, 0.4) is 0 Å². The third kappa shape index (κ3) is 3.09. The first-order chi connectivity index (χ1) is 12.9. The first-order valence-corrected chi connectivity index (χ1v) is 8.85. The predicted molar refractivity (Wildman–Crippen MR) is 100 cm³/mol. The number of aromatic nitrogens is 3. The highest BCUT2D eigenvalue weighted by molar-refractivity contribution is 5.94. The van der Waals surface area contributed by atoms with E-state index >= 15 is 0 Å². The summed E-state index contributed by atoms with van der Waals surface area (Å²) in [7, 11) is 1.62. The van der Waals surface area contributed by atoms with Crippen LogP contribution >= 0.6 is 0 Å². The standard InChI is InChI=1S/C20H22N4O3/c1-12-17(24-9-5-8-21-19(24)22-12)18(25)23-15-11-20(2,3)27-16-7-6-13(26-4)10-14(15)16/h5-10,15H,11H2,1-4H3,(H,23,25)/t15-/m1/s1. The van der Waals surface area contributed by atoms with Gasteiger partial charge in [0.15, 0.2) is 0 Å². The third-order valence-corrected chi connectivity index (χ3v) is 4.77. The molecule has 2 aromatic heterocycles. The second-order valence-corrected chi connectivity index (χ2v) is 7.33. The zero-order valence-electron chi connectivity index (χ0n) is 15.8. The van der Waals surface area contributed by atoms with Crippen LogP contribution in [0.4, 0.5) is 0 Å². The maximum atomic E-state index is 13.1. The molecule has 4 rings (SSSR count). The Morgan fingerprint density at radius 2 is 2.22 bits per heavy atom. The van der Waals surface area contributed by atoms with E-state index in [2.05, 4.69) is 15.3 Å². The highest BCUT2D eigenvalue weighted by atomic mass is 16.5. The van der Waals surface area contributed by atoms with Crippen molar-refractivity contribution < 1.29 is 14.3 Å². The lowest BCUT2D eigenvalue weighted by Crippen LogP contribution is -2.41. The van der Waals surface area contributed by atoms with Crippen molar-refractivity contribution in [3.63, 3.8) is 0 Å². The van der Waals surface area contributed by atoms with Gasteiger partial charge in [-0.2, -0.15) is 0 Å². The van der Waals surface area contributed by atoms with Gasteiger partial charge in [0.2, 0.25) is 5.78 Å². The molecule has 3 heterocycles. The van der Waals surface area contributed by atoms with Crippen LogP contribution in [0.5, 0.6) is 11.5 Å². The number of carbonyl (C=O) groups excluding carboxylic acids is 1. The molecule has 0 aliphatic carbocycles. The van der Waals surface area contributed by atoms with E-state index in [1.807, 2.05) is 39.0 Å². The molecule has 1 aliphatic rings. The molecule has 0 saturated carbocycles. The molecule has 1 N–H and O–H groups in total. The fourth-order valence-corrected chi connectivity index (χ4v) is 3.59. The monoisotopic (exact) mass is 366 g/mol. The Bertz CT molecular complexity index is 1030. The maximum Gasteiger partial charge on any atom is 0.270 e. The topological polar surface area (TPSA) is 77.8 Å². The number of methoxy groups -OCH3 is 1. The molecule has 1 amide bonds. The van der Waals surface area contributed by atoms with E-state index in [9.17, 15) is 4.79 Å².